The van der Waals surface area contributed by atoms with Crippen molar-refractivity contribution in [3.05, 3.63) is 17.5 Å². The van der Waals surface area contributed by atoms with Crippen LogP contribution in [0.2, 0.25) is 0 Å². The standard InChI is InChI=1S/C11H17N3/c12-9-4-5-11-8(6-9)7-13-14(11)10-2-1-3-10/h7,9-10H,1-6,12H2. The number of hydrogen-bond donors (Lipinski definition) is 1. The Bertz CT molecular complexity index is 338. The minimum absolute atomic E-state index is 0.363. The lowest BCUT2D eigenvalue weighted by molar-refractivity contribution is 0.279. The first-order chi connectivity index (χ1) is 6.84. The Kier molecular flexibility index (Phi) is 1.87. The minimum atomic E-state index is 0.363. The van der Waals surface area contributed by atoms with E-state index in [4.69, 9.17) is 5.73 Å². The van der Waals surface area contributed by atoms with Gasteiger partial charge in [-0.15, -0.1) is 0 Å². The molecule has 1 fully saturated rings. The van der Waals surface area contributed by atoms with Crippen LogP contribution in [-0.4, -0.2) is 15.8 Å². The Labute approximate surface area is 84.3 Å². The van der Waals surface area contributed by atoms with Crippen molar-refractivity contribution < 1.29 is 0 Å². The summed E-state index contributed by atoms with van der Waals surface area (Å²) in [6, 6.07) is 1.06. The molecule has 0 radical (unpaired) electrons. The van der Waals surface area contributed by atoms with Crippen LogP contribution >= 0.6 is 0 Å². The fourth-order valence-corrected chi connectivity index (χ4v) is 2.52. The van der Waals surface area contributed by atoms with Crippen molar-refractivity contribution in [2.45, 2.75) is 50.6 Å². The highest BCUT2D eigenvalue weighted by atomic mass is 15.3. The summed E-state index contributed by atoms with van der Waals surface area (Å²) in [6.07, 6.45) is 9.34. The second kappa shape index (κ2) is 3.09. The third kappa shape index (κ3) is 1.19. The van der Waals surface area contributed by atoms with Gasteiger partial charge >= 0.3 is 0 Å². The van der Waals surface area contributed by atoms with Crippen molar-refractivity contribution >= 4 is 0 Å². The molecule has 14 heavy (non-hydrogen) atoms. The smallest absolute Gasteiger partial charge is 0.0525 e. The fraction of sp³-hybridized carbons (Fsp3) is 0.727. The lowest BCUT2D eigenvalue weighted by atomic mass is 9.90. The van der Waals surface area contributed by atoms with Gasteiger partial charge in [-0.05, 0) is 44.1 Å². The second-order valence-corrected chi connectivity index (χ2v) is 4.65. The van der Waals surface area contributed by atoms with Crippen LogP contribution in [0, 0.1) is 0 Å². The maximum absolute atomic E-state index is 5.94. The summed E-state index contributed by atoms with van der Waals surface area (Å²) in [7, 11) is 0. The molecular weight excluding hydrogens is 174 g/mol. The predicted octanol–water partition coefficient (Wildman–Crippen LogP) is 1.42. The minimum Gasteiger partial charge on any atom is -0.327 e. The zero-order valence-corrected chi connectivity index (χ0v) is 8.45. The number of rotatable bonds is 1. The molecule has 2 aliphatic carbocycles. The van der Waals surface area contributed by atoms with E-state index in [0.29, 0.717) is 12.1 Å². The van der Waals surface area contributed by atoms with Crippen LogP contribution in [0.15, 0.2) is 6.20 Å². The van der Waals surface area contributed by atoms with Gasteiger partial charge in [-0.2, -0.15) is 5.10 Å². The van der Waals surface area contributed by atoms with E-state index < -0.39 is 0 Å². The second-order valence-electron chi connectivity index (χ2n) is 4.65. The van der Waals surface area contributed by atoms with E-state index in [-0.39, 0.29) is 0 Å². The van der Waals surface area contributed by atoms with Gasteiger partial charge in [-0.1, -0.05) is 0 Å². The van der Waals surface area contributed by atoms with Crippen LogP contribution in [0.3, 0.4) is 0 Å². The molecular formula is C11H17N3. The number of fused-ring (bicyclic) bond motifs is 1. The summed E-state index contributed by atoms with van der Waals surface area (Å²) < 4.78 is 2.27. The van der Waals surface area contributed by atoms with Crippen molar-refractivity contribution in [3.63, 3.8) is 0 Å². The van der Waals surface area contributed by atoms with E-state index in [1.165, 1.54) is 30.5 Å². The summed E-state index contributed by atoms with van der Waals surface area (Å²) >= 11 is 0. The van der Waals surface area contributed by atoms with Gasteiger partial charge in [0, 0.05) is 11.7 Å². The van der Waals surface area contributed by atoms with Crippen LogP contribution in [0.5, 0.6) is 0 Å². The van der Waals surface area contributed by atoms with Gasteiger partial charge in [0.05, 0.1) is 12.2 Å². The van der Waals surface area contributed by atoms with Crippen LogP contribution in [0.1, 0.15) is 43.0 Å². The van der Waals surface area contributed by atoms with Crippen LogP contribution in [-0.2, 0) is 12.8 Å². The lowest BCUT2D eigenvalue weighted by Gasteiger charge is -2.29. The van der Waals surface area contributed by atoms with Gasteiger partial charge in [0.15, 0.2) is 0 Å². The molecule has 0 saturated heterocycles. The number of hydrogen-bond acceptors (Lipinski definition) is 2. The van der Waals surface area contributed by atoms with E-state index in [1.54, 1.807) is 0 Å². The summed E-state index contributed by atoms with van der Waals surface area (Å²) in [5.74, 6) is 0. The highest BCUT2D eigenvalue weighted by Gasteiger charge is 2.26. The molecule has 3 heteroatoms. The third-order valence-electron chi connectivity index (χ3n) is 3.64. The molecule has 1 atom stereocenters. The molecule has 76 valence electrons. The molecule has 2 N–H and O–H groups in total. The van der Waals surface area contributed by atoms with Crippen molar-refractivity contribution in [2.75, 3.05) is 0 Å². The van der Waals surface area contributed by atoms with E-state index in [1.807, 2.05) is 6.20 Å². The molecule has 2 aliphatic rings. The molecule has 0 amide bonds. The molecule has 0 aromatic carbocycles. The van der Waals surface area contributed by atoms with E-state index in [0.717, 1.165) is 19.3 Å². The van der Waals surface area contributed by atoms with E-state index >= 15 is 0 Å². The maximum Gasteiger partial charge on any atom is 0.0525 e. The first-order valence-corrected chi connectivity index (χ1v) is 5.65. The van der Waals surface area contributed by atoms with Crippen LogP contribution in [0.25, 0.3) is 0 Å². The lowest BCUT2D eigenvalue weighted by Crippen LogP contribution is -2.29. The Morgan fingerprint density at radius 1 is 1.36 bits per heavy atom. The number of nitrogens with two attached hydrogens (primary N) is 1. The van der Waals surface area contributed by atoms with E-state index in [9.17, 15) is 0 Å². The Hall–Kier alpha value is -0.830. The normalized spacial score (nSPS) is 27.1. The average molecular weight is 191 g/mol. The Morgan fingerprint density at radius 3 is 2.93 bits per heavy atom. The SMILES string of the molecule is NC1CCc2c(cnn2C2CCC2)C1. The molecule has 0 aliphatic heterocycles. The average Bonchev–Trinajstić information content (AvgIpc) is 2.45. The van der Waals surface area contributed by atoms with Crippen LogP contribution < -0.4 is 5.73 Å². The highest BCUT2D eigenvalue weighted by molar-refractivity contribution is 5.23. The molecule has 1 saturated carbocycles. The van der Waals surface area contributed by atoms with E-state index in [2.05, 4.69) is 9.78 Å². The van der Waals surface area contributed by atoms with Crippen molar-refractivity contribution in [3.8, 4) is 0 Å². The fourth-order valence-electron chi connectivity index (χ4n) is 2.52. The maximum atomic E-state index is 5.94. The largest absolute Gasteiger partial charge is 0.327 e. The molecule has 1 unspecified atom stereocenters. The zero-order chi connectivity index (χ0) is 9.54. The first-order valence-electron chi connectivity index (χ1n) is 5.65. The van der Waals surface area contributed by atoms with Gasteiger partial charge in [-0.25, -0.2) is 0 Å². The van der Waals surface area contributed by atoms with Gasteiger partial charge in [-0.3, -0.25) is 4.68 Å². The molecule has 1 heterocycles. The molecule has 3 rings (SSSR count). The third-order valence-corrected chi connectivity index (χ3v) is 3.64. The van der Waals surface area contributed by atoms with Crippen molar-refractivity contribution in [1.29, 1.82) is 0 Å². The van der Waals surface area contributed by atoms with Gasteiger partial charge < -0.3 is 5.73 Å². The summed E-state index contributed by atoms with van der Waals surface area (Å²) in [6.45, 7) is 0. The number of nitrogens with zero attached hydrogens (tertiary/aromatic N) is 2. The number of aromatic nitrogens is 2. The van der Waals surface area contributed by atoms with Crippen molar-refractivity contribution in [1.82, 2.24) is 9.78 Å². The quantitative estimate of drug-likeness (QED) is 0.729. The van der Waals surface area contributed by atoms with Gasteiger partial charge in [0.1, 0.15) is 0 Å². The summed E-state index contributed by atoms with van der Waals surface area (Å²) in [5.41, 5.74) is 8.81. The molecule has 1 aromatic heterocycles. The Balaban J connectivity index is 1.91. The summed E-state index contributed by atoms with van der Waals surface area (Å²) in [5, 5.41) is 4.52. The summed E-state index contributed by atoms with van der Waals surface area (Å²) in [4.78, 5) is 0. The van der Waals surface area contributed by atoms with Crippen LogP contribution in [0.4, 0.5) is 0 Å². The van der Waals surface area contributed by atoms with Crippen molar-refractivity contribution in [2.24, 2.45) is 5.73 Å². The molecule has 0 spiro atoms. The van der Waals surface area contributed by atoms with Gasteiger partial charge in [0.25, 0.3) is 0 Å². The highest BCUT2D eigenvalue weighted by Crippen LogP contribution is 2.34. The zero-order valence-electron chi connectivity index (χ0n) is 8.45. The predicted molar refractivity (Wildman–Crippen MR) is 55.1 cm³/mol. The van der Waals surface area contributed by atoms with Gasteiger partial charge in [0.2, 0.25) is 0 Å². The molecule has 1 aromatic rings. The monoisotopic (exact) mass is 191 g/mol. The Morgan fingerprint density at radius 2 is 2.21 bits per heavy atom. The molecule has 0 bridgehead atoms. The first kappa shape index (κ1) is 8.48. The topological polar surface area (TPSA) is 43.8 Å². The molecule has 3 nitrogen and oxygen atoms in total.